The lowest BCUT2D eigenvalue weighted by Crippen LogP contribution is -2.32. The van der Waals surface area contributed by atoms with Crippen molar-refractivity contribution in [3.63, 3.8) is 0 Å². The van der Waals surface area contributed by atoms with Crippen LogP contribution in [0.4, 0.5) is 10.5 Å². The second-order valence-corrected chi connectivity index (χ2v) is 7.82. The van der Waals surface area contributed by atoms with Crippen molar-refractivity contribution in [3.05, 3.63) is 63.8 Å². The van der Waals surface area contributed by atoms with Crippen molar-refractivity contribution in [1.82, 2.24) is 0 Å². The largest absolute Gasteiger partial charge is 0.477 e. The van der Waals surface area contributed by atoms with E-state index in [1.54, 1.807) is 11.0 Å². The first-order valence-corrected chi connectivity index (χ1v) is 9.75. The molecule has 0 bridgehead atoms. The smallest absolute Gasteiger partial charge is 0.414 e. The Hall–Kier alpha value is -2.64. The number of hydrogen-bond acceptors (Lipinski definition) is 5. The van der Waals surface area contributed by atoms with Gasteiger partial charge in [-0.15, -0.1) is 22.7 Å². The molecule has 1 aliphatic heterocycles. The predicted molar refractivity (Wildman–Crippen MR) is 102 cm³/mol. The van der Waals surface area contributed by atoms with E-state index in [9.17, 15) is 14.7 Å². The zero-order valence-corrected chi connectivity index (χ0v) is 15.3. The predicted octanol–water partition coefficient (Wildman–Crippen LogP) is 4.87. The summed E-state index contributed by atoms with van der Waals surface area (Å²) in [5.41, 5.74) is 2.69. The zero-order chi connectivity index (χ0) is 18.1. The number of nitrogens with zero attached hydrogens (tertiary/aromatic N) is 1. The highest BCUT2D eigenvalue weighted by molar-refractivity contribution is 7.23. The third-order valence-electron chi connectivity index (χ3n) is 4.19. The van der Waals surface area contributed by atoms with Crippen LogP contribution in [0.2, 0.25) is 0 Å². The number of amides is 1. The van der Waals surface area contributed by atoms with Gasteiger partial charge in [-0.05, 0) is 35.1 Å². The molecule has 0 saturated carbocycles. The van der Waals surface area contributed by atoms with Crippen LogP contribution in [-0.4, -0.2) is 23.7 Å². The molecule has 1 aliphatic rings. The molecule has 3 aromatic rings. The maximum atomic E-state index is 12.7. The monoisotopic (exact) mass is 385 g/mol. The van der Waals surface area contributed by atoms with E-state index in [4.69, 9.17) is 4.74 Å². The third-order valence-corrected chi connectivity index (χ3v) is 6.42. The molecule has 0 fully saturated rings. The van der Waals surface area contributed by atoms with Crippen LogP contribution in [0.25, 0.3) is 9.75 Å². The van der Waals surface area contributed by atoms with Crippen LogP contribution in [0, 0.1) is 0 Å². The number of fused-ring (bicyclic) bond motifs is 3. The lowest BCUT2D eigenvalue weighted by Gasteiger charge is -2.20. The fourth-order valence-corrected chi connectivity index (χ4v) is 5.07. The van der Waals surface area contributed by atoms with Crippen molar-refractivity contribution in [2.45, 2.75) is 13.0 Å². The van der Waals surface area contributed by atoms with Crippen LogP contribution in [0.1, 0.15) is 20.8 Å². The minimum atomic E-state index is -0.916. The van der Waals surface area contributed by atoms with Crippen LogP contribution in [0.5, 0.6) is 0 Å². The average molecular weight is 385 g/mol. The molecule has 1 amide bonds. The average Bonchev–Trinajstić information content (AvgIpc) is 3.26. The number of ether oxygens (including phenoxy) is 1. The Morgan fingerprint density at radius 3 is 2.73 bits per heavy atom. The number of rotatable bonds is 3. The molecule has 3 heterocycles. The number of carboxylic acid groups (broad SMARTS) is 1. The van der Waals surface area contributed by atoms with Gasteiger partial charge in [-0.1, -0.05) is 30.3 Å². The lowest BCUT2D eigenvalue weighted by atomic mass is 10.2. The Kier molecular flexibility index (Phi) is 4.48. The van der Waals surface area contributed by atoms with Gasteiger partial charge in [0.05, 0.1) is 15.4 Å². The number of aromatic carboxylic acids is 1. The van der Waals surface area contributed by atoms with Gasteiger partial charge >= 0.3 is 12.1 Å². The minimum Gasteiger partial charge on any atom is -0.477 e. The van der Waals surface area contributed by atoms with Crippen LogP contribution in [-0.2, 0) is 17.8 Å². The molecule has 0 unspecified atom stereocenters. The summed E-state index contributed by atoms with van der Waals surface area (Å²) in [6.45, 7) is 0.681. The highest BCUT2D eigenvalue weighted by atomic mass is 32.1. The number of hydrogen-bond donors (Lipinski definition) is 1. The molecule has 1 N–H and O–H groups in total. The van der Waals surface area contributed by atoms with E-state index in [0.29, 0.717) is 17.8 Å². The quantitative estimate of drug-likeness (QED) is 0.698. The molecule has 2 aromatic heterocycles. The summed E-state index contributed by atoms with van der Waals surface area (Å²) in [6.07, 6.45) is 0.211. The van der Waals surface area contributed by atoms with Gasteiger partial charge in [-0.25, -0.2) is 9.59 Å². The second kappa shape index (κ2) is 6.93. The molecule has 0 atom stereocenters. The molecule has 7 heteroatoms. The molecule has 26 heavy (non-hydrogen) atoms. The standard InChI is InChI=1S/C19H15NO4S2/c21-18(22)15-10-13-6-8-20(14-7-9-25-17(14)16(13)26-15)19(23)24-11-12-4-2-1-3-5-12/h1-5,7,9-10H,6,8,11H2,(H,21,22). The van der Waals surface area contributed by atoms with Crippen LogP contribution in [0.3, 0.4) is 0 Å². The van der Waals surface area contributed by atoms with Crippen LogP contribution >= 0.6 is 22.7 Å². The van der Waals surface area contributed by atoms with Gasteiger partial charge in [0, 0.05) is 6.54 Å². The Morgan fingerprint density at radius 1 is 1.15 bits per heavy atom. The fourth-order valence-electron chi connectivity index (χ4n) is 2.94. The SMILES string of the molecule is O=C(O)c1cc2c(s1)-c1sccc1N(C(=O)OCc1ccccc1)CC2. The van der Waals surface area contributed by atoms with Gasteiger partial charge in [0.2, 0.25) is 0 Å². The van der Waals surface area contributed by atoms with Crippen LogP contribution < -0.4 is 4.90 Å². The van der Waals surface area contributed by atoms with E-state index in [2.05, 4.69) is 0 Å². The topological polar surface area (TPSA) is 66.8 Å². The van der Waals surface area contributed by atoms with E-state index in [1.165, 1.54) is 22.7 Å². The maximum absolute atomic E-state index is 12.7. The van der Waals surface area contributed by atoms with Crippen molar-refractivity contribution in [1.29, 1.82) is 0 Å². The van der Waals surface area contributed by atoms with E-state index in [0.717, 1.165) is 26.6 Å². The number of anilines is 1. The van der Waals surface area contributed by atoms with Crippen molar-refractivity contribution >= 4 is 40.4 Å². The van der Waals surface area contributed by atoms with Gasteiger partial charge in [0.1, 0.15) is 11.5 Å². The number of thiophene rings is 2. The van der Waals surface area contributed by atoms with Gasteiger partial charge in [-0.2, -0.15) is 0 Å². The molecule has 1 aromatic carbocycles. The molecule has 0 aliphatic carbocycles. The lowest BCUT2D eigenvalue weighted by molar-refractivity contribution is 0.0702. The molecule has 132 valence electrons. The Morgan fingerprint density at radius 2 is 1.96 bits per heavy atom. The summed E-state index contributed by atoms with van der Waals surface area (Å²) in [7, 11) is 0. The van der Waals surface area contributed by atoms with Crippen molar-refractivity contribution in [2.75, 3.05) is 11.4 Å². The van der Waals surface area contributed by atoms with Gasteiger partial charge < -0.3 is 9.84 Å². The fraction of sp³-hybridized carbons (Fsp3) is 0.158. The van der Waals surface area contributed by atoms with E-state index >= 15 is 0 Å². The molecule has 0 radical (unpaired) electrons. The Labute approximate surface area is 158 Å². The highest BCUT2D eigenvalue weighted by Gasteiger charge is 2.28. The first-order chi connectivity index (χ1) is 12.6. The first-order valence-electron chi connectivity index (χ1n) is 8.05. The van der Waals surface area contributed by atoms with Crippen molar-refractivity contribution in [3.8, 4) is 9.75 Å². The number of carbonyl (C=O) groups excluding carboxylic acids is 1. The summed E-state index contributed by atoms with van der Waals surface area (Å²) < 4.78 is 5.49. The molecular weight excluding hydrogens is 370 g/mol. The third kappa shape index (κ3) is 3.11. The molecular formula is C19H15NO4S2. The summed E-state index contributed by atoms with van der Waals surface area (Å²) in [6, 6.07) is 13.2. The number of benzene rings is 1. The Bertz CT molecular complexity index is 961. The normalized spacial score (nSPS) is 12.8. The van der Waals surface area contributed by atoms with Crippen LogP contribution in [0.15, 0.2) is 47.8 Å². The highest BCUT2D eigenvalue weighted by Crippen LogP contribution is 2.44. The van der Waals surface area contributed by atoms with Gasteiger partial charge in [0.25, 0.3) is 0 Å². The minimum absolute atomic E-state index is 0.223. The Balaban J connectivity index is 1.58. The molecule has 0 saturated heterocycles. The molecule has 5 nitrogen and oxygen atoms in total. The molecule has 0 spiro atoms. The zero-order valence-electron chi connectivity index (χ0n) is 13.7. The van der Waals surface area contributed by atoms with Gasteiger partial charge in [0.15, 0.2) is 0 Å². The maximum Gasteiger partial charge on any atom is 0.414 e. The number of carboxylic acids is 1. The number of carbonyl (C=O) groups is 2. The van der Waals surface area contributed by atoms with Gasteiger partial charge in [-0.3, -0.25) is 4.90 Å². The summed E-state index contributed by atoms with van der Waals surface area (Å²) in [5, 5.41) is 11.2. The van der Waals surface area contributed by atoms with E-state index < -0.39 is 5.97 Å². The summed E-state index contributed by atoms with van der Waals surface area (Å²) in [4.78, 5) is 27.8. The van der Waals surface area contributed by atoms with E-state index in [1.807, 2.05) is 41.8 Å². The van der Waals surface area contributed by atoms with E-state index in [-0.39, 0.29) is 12.7 Å². The summed E-state index contributed by atoms with van der Waals surface area (Å²) >= 11 is 2.77. The molecule has 4 rings (SSSR count). The van der Waals surface area contributed by atoms with Crippen molar-refractivity contribution < 1.29 is 19.4 Å². The summed E-state index contributed by atoms with van der Waals surface area (Å²) in [5.74, 6) is -0.916. The first kappa shape index (κ1) is 16.8. The van der Waals surface area contributed by atoms with Crippen molar-refractivity contribution in [2.24, 2.45) is 0 Å². The second-order valence-electron chi connectivity index (χ2n) is 5.85.